The first kappa shape index (κ1) is 10.6. The molecule has 5 nitrogen and oxygen atoms in total. The van der Waals surface area contributed by atoms with Crippen LogP contribution in [0.4, 0.5) is 4.79 Å². The molecule has 1 heterocycles. The maximum Gasteiger partial charge on any atom is 0.315 e. The van der Waals surface area contributed by atoms with E-state index in [4.69, 9.17) is 9.47 Å². The van der Waals surface area contributed by atoms with E-state index in [0.717, 1.165) is 11.3 Å². The van der Waals surface area contributed by atoms with Gasteiger partial charge in [0, 0.05) is 18.2 Å². The number of carbonyl (C=O) groups excluding carboxylic acids is 1. The number of benzene rings is 1. The van der Waals surface area contributed by atoms with Crippen molar-refractivity contribution in [1.29, 1.82) is 0 Å². The zero-order valence-corrected chi connectivity index (χ0v) is 9.24. The third kappa shape index (κ3) is 1.88. The van der Waals surface area contributed by atoms with Gasteiger partial charge in [-0.1, -0.05) is 0 Å². The van der Waals surface area contributed by atoms with Crippen LogP contribution < -0.4 is 20.1 Å². The van der Waals surface area contributed by atoms with E-state index in [1.807, 2.05) is 12.1 Å². The maximum atomic E-state index is 11.1. The Balaban J connectivity index is 2.29. The molecule has 0 saturated carbocycles. The van der Waals surface area contributed by atoms with Gasteiger partial charge in [-0.3, -0.25) is 0 Å². The van der Waals surface area contributed by atoms with Crippen molar-refractivity contribution in [3.63, 3.8) is 0 Å². The number of hydrogen-bond acceptors (Lipinski definition) is 3. The zero-order chi connectivity index (χ0) is 11.5. The summed E-state index contributed by atoms with van der Waals surface area (Å²) in [5, 5.41) is 5.52. The molecule has 1 atom stereocenters. The Bertz CT molecular complexity index is 406. The number of nitrogens with one attached hydrogen (secondary N) is 2. The lowest BCUT2D eigenvalue weighted by atomic mass is 10.1. The average molecular weight is 222 g/mol. The standard InChI is InChI=1S/C11H14N2O3/c1-15-7-3-4-8(10(5-7)16-2)9-6-12-11(14)13-9/h3-5,9H,6H2,1-2H3,(H2,12,13,14)/t9-/m0/s1. The summed E-state index contributed by atoms with van der Waals surface area (Å²) < 4.78 is 10.4. The van der Waals surface area contributed by atoms with Gasteiger partial charge in [-0.2, -0.15) is 0 Å². The number of methoxy groups -OCH3 is 2. The molecule has 86 valence electrons. The molecule has 1 aliphatic heterocycles. The molecule has 2 amide bonds. The van der Waals surface area contributed by atoms with Gasteiger partial charge in [-0.25, -0.2) is 4.79 Å². The summed E-state index contributed by atoms with van der Waals surface area (Å²) in [6, 6.07) is 5.36. The molecular formula is C11H14N2O3. The van der Waals surface area contributed by atoms with E-state index < -0.39 is 0 Å². The Hall–Kier alpha value is -1.91. The van der Waals surface area contributed by atoms with Crippen LogP contribution in [0.25, 0.3) is 0 Å². The predicted octanol–water partition coefficient (Wildman–Crippen LogP) is 1.06. The summed E-state index contributed by atoms with van der Waals surface area (Å²) in [5.41, 5.74) is 0.946. The van der Waals surface area contributed by atoms with Crippen molar-refractivity contribution in [3.8, 4) is 11.5 Å². The number of ether oxygens (including phenoxy) is 2. The van der Waals surface area contributed by atoms with Gasteiger partial charge in [0.2, 0.25) is 0 Å². The highest BCUT2D eigenvalue weighted by molar-refractivity contribution is 5.77. The van der Waals surface area contributed by atoms with Gasteiger partial charge in [-0.05, 0) is 12.1 Å². The Kier molecular flexibility index (Phi) is 2.85. The number of carbonyl (C=O) groups is 1. The lowest BCUT2D eigenvalue weighted by Crippen LogP contribution is -2.21. The zero-order valence-electron chi connectivity index (χ0n) is 9.24. The van der Waals surface area contributed by atoms with Crippen LogP contribution >= 0.6 is 0 Å². The van der Waals surface area contributed by atoms with Crippen molar-refractivity contribution < 1.29 is 14.3 Å². The van der Waals surface area contributed by atoms with Crippen LogP contribution in [-0.4, -0.2) is 26.8 Å². The van der Waals surface area contributed by atoms with Crippen LogP contribution in [0.3, 0.4) is 0 Å². The van der Waals surface area contributed by atoms with E-state index >= 15 is 0 Å². The average Bonchev–Trinajstić information content (AvgIpc) is 2.74. The van der Waals surface area contributed by atoms with Crippen LogP contribution in [0.1, 0.15) is 11.6 Å². The van der Waals surface area contributed by atoms with E-state index in [1.54, 1.807) is 20.3 Å². The van der Waals surface area contributed by atoms with Crippen molar-refractivity contribution in [3.05, 3.63) is 23.8 Å². The monoisotopic (exact) mass is 222 g/mol. The number of urea groups is 1. The van der Waals surface area contributed by atoms with Crippen LogP contribution in [0, 0.1) is 0 Å². The van der Waals surface area contributed by atoms with Crippen molar-refractivity contribution in [2.45, 2.75) is 6.04 Å². The summed E-state index contributed by atoms with van der Waals surface area (Å²) in [7, 11) is 3.20. The van der Waals surface area contributed by atoms with Crippen LogP contribution in [0.5, 0.6) is 11.5 Å². The first-order valence-electron chi connectivity index (χ1n) is 5.01. The molecule has 0 radical (unpaired) electrons. The molecule has 0 spiro atoms. The topological polar surface area (TPSA) is 59.6 Å². The fourth-order valence-corrected chi connectivity index (χ4v) is 1.75. The minimum Gasteiger partial charge on any atom is -0.497 e. The first-order chi connectivity index (χ1) is 7.74. The fraction of sp³-hybridized carbons (Fsp3) is 0.364. The molecule has 5 heteroatoms. The van der Waals surface area contributed by atoms with E-state index in [2.05, 4.69) is 10.6 Å². The van der Waals surface area contributed by atoms with Crippen LogP contribution in [0.15, 0.2) is 18.2 Å². The summed E-state index contributed by atoms with van der Waals surface area (Å²) >= 11 is 0. The molecular weight excluding hydrogens is 208 g/mol. The smallest absolute Gasteiger partial charge is 0.315 e. The molecule has 0 bridgehead atoms. The normalized spacial score (nSPS) is 18.9. The molecule has 1 aromatic carbocycles. The van der Waals surface area contributed by atoms with Gasteiger partial charge in [0.25, 0.3) is 0 Å². The number of rotatable bonds is 3. The molecule has 2 N–H and O–H groups in total. The number of hydrogen-bond donors (Lipinski definition) is 2. The van der Waals surface area contributed by atoms with Gasteiger partial charge < -0.3 is 20.1 Å². The highest BCUT2D eigenvalue weighted by Crippen LogP contribution is 2.30. The molecule has 1 aromatic rings. The van der Waals surface area contributed by atoms with E-state index in [1.165, 1.54) is 0 Å². The molecule has 0 aromatic heterocycles. The third-order valence-corrected chi connectivity index (χ3v) is 2.59. The third-order valence-electron chi connectivity index (χ3n) is 2.59. The second-order valence-corrected chi connectivity index (χ2v) is 3.51. The minimum absolute atomic E-state index is 0.0478. The van der Waals surface area contributed by atoms with E-state index in [9.17, 15) is 4.79 Å². The maximum absolute atomic E-state index is 11.1. The Labute approximate surface area is 93.7 Å². The Morgan fingerprint density at radius 2 is 2.12 bits per heavy atom. The first-order valence-corrected chi connectivity index (χ1v) is 5.01. The van der Waals surface area contributed by atoms with Crippen molar-refractivity contribution in [2.24, 2.45) is 0 Å². The Morgan fingerprint density at radius 3 is 2.69 bits per heavy atom. The lowest BCUT2D eigenvalue weighted by molar-refractivity contribution is 0.247. The highest BCUT2D eigenvalue weighted by Gasteiger charge is 2.24. The minimum atomic E-state index is -0.150. The van der Waals surface area contributed by atoms with Crippen molar-refractivity contribution in [2.75, 3.05) is 20.8 Å². The summed E-state index contributed by atoms with van der Waals surface area (Å²) in [6.07, 6.45) is 0. The van der Waals surface area contributed by atoms with Gasteiger partial charge in [0.05, 0.1) is 20.3 Å². The SMILES string of the molecule is COc1ccc([C@@H]2CNC(=O)N2)c(OC)c1. The van der Waals surface area contributed by atoms with Gasteiger partial charge in [-0.15, -0.1) is 0 Å². The molecule has 1 aliphatic rings. The second kappa shape index (κ2) is 4.30. The van der Waals surface area contributed by atoms with Gasteiger partial charge in [0.1, 0.15) is 11.5 Å². The highest BCUT2D eigenvalue weighted by atomic mass is 16.5. The number of amides is 2. The summed E-state index contributed by atoms with van der Waals surface area (Å²) in [5.74, 6) is 1.45. The lowest BCUT2D eigenvalue weighted by Gasteiger charge is -2.14. The van der Waals surface area contributed by atoms with Gasteiger partial charge in [0.15, 0.2) is 0 Å². The molecule has 1 fully saturated rings. The molecule has 0 aliphatic carbocycles. The molecule has 16 heavy (non-hydrogen) atoms. The van der Waals surface area contributed by atoms with Gasteiger partial charge >= 0.3 is 6.03 Å². The summed E-state index contributed by atoms with van der Waals surface area (Å²) in [6.45, 7) is 0.571. The molecule has 1 saturated heterocycles. The predicted molar refractivity (Wildman–Crippen MR) is 58.8 cm³/mol. The second-order valence-electron chi connectivity index (χ2n) is 3.51. The summed E-state index contributed by atoms with van der Waals surface area (Å²) in [4.78, 5) is 11.1. The largest absolute Gasteiger partial charge is 0.497 e. The van der Waals surface area contributed by atoms with E-state index in [0.29, 0.717) is 12.3 Å². The quantitative estimate of drug-likeness (QED) is 0.803. The van der Waals surface area contributed by atoms with Crippen LogP contribution in [0.2, 0.25) is 0 Å². The van der Waals surface area contributed by atoms with Crippen molar-refractivity contribution in [1.82, 2.24) is 10.6 Å². The van der Waals surface area contributed by atoms with Crippen molar-refractivity contribution >= 4 is 6.03 Å². The van der Waals surface area contributed by atoms with Crippen LogP contribution in [-0.2, 0) is 0 Å². The molecule has 2 rings (SSSR count). The van der Waals surface area contributed by atoms with E-state index in [-0.39, 0.29) is 12.1 Å². The molecule has 0 unspecified atom stereocenters. The fourth-order valence-electron chi connectivity index (χ4n) is 1.75. The Morgan fingerprint density at radius 1 is 1.31 bits per heavy atom.